The number of rotatable bonds is 7. The van der Waals surface area contributed by atoms with Gasteiger partial charge in [-0.15, -0.1) is 0 Å². The summed E-state index contributed by atoms with van der Waals surface area (Å²) in [5.74, 6) is -0.237. The average molecular weight is 377 g/mol. The summed E-state index contributed by atoms with van der Waals surface area (Å²) in [6.45, 7) is 2.39. The van der Waals surface area contributed by atoms with Gasteiger partial charge in [0.1, 0.15) is 17.8 Å². The summed E-state index contributed by atoms with van der Waals surface area (Å²) < 4.78 is 4.95. The standard InChI is InChI=1S/C20H19N5O3/c1-2-28-20(27)14-6-8-15(9-7-14)25-18-11-17(23-13-24-18)19(26)22-12-16-5-3-4-10-21-16/h3-11,13H,2,12H2,1H3,(H,22,26)(H,23,24,25). The van der Waals surface area contributed by atoms with Crippen molar-refractivity contribution in [1.29, 1.82) is 0 Å². The molecular weight excluding hydrogens is 358 g/mol. The van der Waals surface area contributed by atoms with Gasteiger partial charge in [0.05, 0.1) is 24.4 Å². The molecule has 28 heavy (non-hydrogen) atoms. The molecule has 0 unspecified atom stereocenters. The van der Waals surface area contributed by atoms with Gasteiger partial charge in [0.25, 0.3) is 5.91 Å². The number of hydrogen-bond acceptors (Lipinski definition) is 7. The number of amides is 1. The molecule has 8 heteroatoms. The molecule has 2 N–H and O–H groups in total. The molecule has 0 aliphatic carbocycles. The van der Waals surface area contributed by atoms with E-state index in [2.05, 4.69) is 25.6 Å². The van der Waals surface area contributed by atoms with Crippen molar-refractivity contribution >= 4 is 23.4 Å². The first-order valence-electron chi connectivity index (χ1n) is 8.70. The van der Waals surface area contributed by atoms with Gasteiger partial charge in [0, 0.05) is 18.0 Å². The Kier molecular flexibility index (Phi) is 6.25. The second kappa shape index (κ2) is 9.22. The van der Waals surface area contributed by atoms with E-state index in [4.69, 9.17) is 4.74 Å². The zero-order chi connectivity index (χ0) is 19.8. The number of anilines is 2. The molecule has 142 valence electrons. The zero-order valence-corrected chi connectivity index (χ0v) is 15.3. The van der Waals surface area contributed by atoms with E-state index in [9.17, 15) is 9.59 Å². The van der Waals surface area contributed by atoms with Crippen LogP contribution in [0.1, 0.15) is 33.5 Å². The van der Waals surface area contributed by atoms with E-state index in [0.29, 0.717) is 30.2 Å². The van der Waals surface area contributed by atoms with Crippen molar-refractivity contribution in [1.82, 2.24) is 20.3 Å². The maximum absolute atomic E-state index is 12.3. The predicted octanol–water partition coefficient (Wildman–Crippen LogP) is 2.72. The Labute approximate surface area is 162 Å². The molecule has 0 saturated carbocycles. The van der Waals surface area contributed by atoms with E-state index < -0.39 is 0 Å². The quantitative estimate of drug-likeness (QED) is 0.610. The Balaban J connectivity index is 1.62. The van der Waals surface area contributed by atoms with Crippen molar-refractivity contribution in [2.75, 3.05) is 11.9 Å². The number of aromatic nitrogens is 3. The van der Waals surface area contributed by atoms with E-state index >= 15 is 0 Å². The van der Waals surface area contributed by atoms with Gasteiger partial charge in [-0.3, -0.25) is 9.78 Å². The van der Waals surface area contributed by atoms with E-state index in [-0.39, 0.29) is 17.6 Å². The van der Waals surface area contributed by atoms with E-state index in [1.54, 1.807) is 43.5 Å². The SMILES string of the molecule is CCOC(=O)c1ccc(Nc2cc(C(=O)NCc3ccccn3)ncn2)cc1. The summed E-state index contributed by atoms with van der Waals surface area (Å²) in [7, 11) is 0. The fraction of sp³-hybridized carbons (Fsp3) is 0.150. The lowest BCUT2D eigenvalue weighted by molar-refractivity contribution is 0.0526. The molecule has 2 heterocycles. The van der Waals surface area contributed by atoms with Crippen molar-refractivity contribution in [2.45, 2.75) is 13.5 Å². The maximum atomic E-state index is 12.3. The smallest absolute Gasteiger partial charge is 0.338 e. The van der Waals surface area contributed by atoms with Gasteiger partial charge >= 0.3 is 5.97 Å². The summed E-state index contributed by atoms with van der Waals surface area (Å²) in [5.41, 5.74) is 2.16. The summed E-state index contributed by atoms with van der Waals surface area (Å²) in [6, 6.07) is 13.8. The second-order valence-electron chi connectivity index (χ2n) is 5.72. The van der Waals surface area contributed by atoms with Crippen molar-refractivity contribution in [3.63, 3.8) is 0 Å². The molecule has 2 aromatic heterocycles. The number of carbonyl (C=O) groups is 2. The van der Waals surface area contributed by atoms with Crippen LogP contribution in [0.2, 0.25) is 0 Å². The Bertz CT molecular complexity index is 946. The minimum atomic E-state index is -0.372. The highest BCUT2D eigenvalue weighted by atomic mass is 16.5. The van der Waals surface area contributed by atoms with Crippen molar-refractivity contribution < 1.29 is 14.3 Å². The third-order valence-electron chi connectivity index (χ3n) is 3.72. The molecule has 0 radical (unpaired) electrons. The molecule has 0 aliphatic rings. The molecular formula is C20H19N5O3. The molecule has 0 fully saturated rings. The third kappa shape index (κ3) is 5.10. The van der Waals surface area contributed by atoms with Gasteiger partial charge in [0.2, 0.25) is 0 Å². The first kappa shape index (κ1) is 19.0. The van der Waals surface area contributed by atoms with Crippen LogP contribution in [0.3, 0.4) is 0 Å². The minimum Gasteiger partial charge on any atom is -0.462 e. The monoisotopic (exact) mass is 377 g/mol. The Morgan fingerprint density at radius 3 is 2.57 bits per heavy atom. The molecule has 0 atom stereocenters. The summed E-state index contributed by atoms with van der Waals surface area (Å²) in [6.07, 6.45) is 2.98. The minimum absolute atomic E-state index is 0.233. The second-order valence-corrected chi connectivity index (χ2v) is 5.72. The zero-order valence-electron chi connectivity index (χ0n) is 15.3. The molecule has 0 aliphatic heterocycles. The van der Waals surface area contributed by atoms with E-state index in [0.717, 1.165) is 5.69 Å². The van der Waals surface area contributed by atoms with Gasteiger partial charge < -0.3 is 15.4 Å². The van der Waals surface area contributed by atoms with Crippen LogP contribution in [-0.4, -0.2) is 33.4 Å². The average Bonchev–Trinajstić information content (AvgIpc) is 2.73. The highest BCUT2D eigenvalue weighted by molar-refractivity contribution is 5.93. The van der Waals surface area contributed by atoms with E-state index in [1.807, 2.05) is 18.2 Å². The lowest BCUT2D eigenvalue weighted by Gasteiger charge is -2.08. The topological polar surface area (TPSA) is 106 Å². The molecule has 8 nitrogen and oxygen atoms in total. The first-order valence-corrected chi connectivity index (χ1v) is 8.70. The van der Waals surface area contributed by atoms with Crippen LogP contribution >= 0.6 is 0 Å². The number of hydrogen-bond donors (Lipinski definition) is 2. The maximum Gasteiger partial charge on any atom is 0.338 e. The van der Waals surface area contributed by atoms with Crippen LogP contribution in [0.5, 0.6) is 0 Å². The lowest BCUT2D eigenvalue weighted by Crippen LogP contribution is -2.24. The summed E-state index contributed by atoms with van der Waals surface area (Å²) in [4.78, 5) is 36.3. The van der Waals surface area contributed by atoms with Crippen LogP contribution in [0, 0.1) is 0 Å². The van der Waals surface area contributed by atoms with Gasteiger partial charge in [-0.25, -0.2) is 14.8 Å². The fourth-order valence-corrected chi connectivity index (χ4v) is 2.37. The number of pyridine rings is 1. The molecule has 1 amide bonds. The molecule has 0 spiro atoms. The normalized spacial score (nSPS) is 10.2. The first-order chi connectivity index (χ1) is 13.7. The fourth-order valence-electron chi connectivity index (χ4n) is 2.37. The number of ether oxygens (including phenoxy) is 1. The van der Waals surface area contributed by atoms with Crippen molar-refractivity contribution in [2.24, 2.45) is 0 Å². The van der Waals surface area contributed by atoms with Crippen molar-refractivity contribution in [3.05, 3.63) is 78.0 Å². The molecule has 0 saturated heterocycles. The van der Waals surface area contributed by atoms with Crippen LogP contribution in [0.15, 0.2) is 61.1 Å². The van der Waals surface area contributed by atoms with Gasteiger partial charge in [-0.1, -0.05) is 6.07 Å². The van der Waals surface area contributed by atoms with Crippen molar-refractivity contribution in [3.8, 4) is 0 Å². The number of carbonyl (C=O) groups excluding carboxylic acids is 2. The Hall–Kier alpha value is -3.81. The third-order valence-corrected chi connectivity index (χ3v) is 3.72. The van der Waals surface area contributed by atoms with Gasteiger partial charge in [0.15, 0.2) is 0 Å². The molecule has 0 bridgehead atoms. The van der Waals surface area contributed by atoms with Gasteiger partial charge in [-0.05, 0) is 43.3 Å². The highest BCUT2D eigenvalue weighted by Crippen LogP contribution is 2.16. The Morgan fingerprint density at radius 1 is 1.04 bits per heavy atom. The largest absolute Gasteiger partial charge is 0.462 e. The van der Waals surface area contributed by atoms with E-state index in [1.165, 1.54) is 6.33 Å². The molecule has 3 rings (SSSR count). The van der Waals surface area contributed by atoms with Gasteiger partial charge in [-0.2, -0.15) is 0 Å². The summed E-state index contributed by atoms with van der Waals surface area (Å²) in [5, 5.41) is 5.84. The number of benzene rings is 1. The molecule has 3 aromatic rings. The number of nitrogens with one attached hydrogen (secondary N) is 2. The summed E-state index contributed by atoms with van der Waals surface area (Å²) >= 11 is 0. The molecule has 1 aromatic carbocycles. The van der Waals surface area contributed by atoms with Crippen LogP contribution in [-0.2, 0) is 11.3 Å². The van der Waals surface area contributed by atoms with Crippen LogP contribution < -0.4 is 10.6 Å². The number of esters is 1. The van der Waals surface area contributed by atoms with Crippen LogP contribution in [0.4, 0.5) is 11.5 Å². The predicted molar refractivity (Wildman–Crippen MR) is 103 cm³/mol. The number of nitrogens with zero attached hydrogens (tertiary/aromatic N) is 3. The lowest BCUT2D eigenvalue weighted by atomic mass is 10.2. The van der Waals surface area contributed by atoms with Crippen LogP contribution in [0.25, 0.3) is 0 Å². The Morgan fingerprint density at radius 2 is 1.86 bits per heavy atom. The highest BCUT2D eigenvalue weighted by Gasteiger charge is 2.10.